The number of aryl methyl sites for hydroxylation is 1. The second-order valence-corrected chi connectivity index (χ2v) is 6.93. The molecule has 4 N–H and O–H groups in total. The molecule has 1 aliphatic rings. The maximum absolute atomic E-state index is 12.5. The average Bonchev–Trinajstić information content (AvgIpc) is 2.63. The maximum Gasteiger partial charge on any atom is 0.223 e. The van der Waals surface area contributed by atoms with Gasteiger partial charge in [0.05, 0.1) is 25.9 Å². The van der Waals surface area contributed by atoms with E-state index in [9.17, 15) is 15.0 Å². The molecule has 7 nitrogen and oxygen atoms in total. The second-order valence-electron chi connectivity index (χ2n) is 6.93. The quantitative estimate of drug-likeness (QED) is 0.458. The van der Waals surface area contributed by atoms with Crippen molar-refractivity contribution in [2.75, 3.05) is 45.9 Å². The van der Waals surface area contributed by atoms with E-state index < -0.39 is 11.7 Å². The van der Waals surface area contributed by atoms with Gasteiger partial charge < -0.3 is 25.3 Å². The Bertz CT molecular complexity index is 550. The fraction of sp³-hybridized carbons (Fsp3) is 0.632. The van der Waals surface area contributed by atoms with E-state index in [-0.39, 0.29) is 45.3 Å². The van der Waals surface area contributed by atoms with Crippen molar-refractivity contribution in [3.63, 3.8) is 0 Å². The summed E-state index contributed by atoms with van der Waals surface area (Å²) in [6.07, 6.45) is 0.353. The number of piperidine rings is 1. The molecule has 26 heavy (non-hydrogen) atoms. The fourth-order valence-electron chi connectivity index (χ4n) is 3.42. The number of likely N-dealkylation sites (tertiary alicyclic amines) is 1. The monoisotopic (exact) mass is 366 g/mol. The van der Waals surface area contributed by atoms with Gasteiger partial charge in [0.15, 0.2) is 0 Å². The molecule has 1 aliphatic heterocycles. The van der Waals surface area contributed by atoms with Crippen molar-refractivity contribution in [2.24, 2.45) is 0 Å². The molecule has 0 aromatic heterocycles. The summed E-state index contributed by atoms with van der Waals surface area (Å²) in [5, 5.41) is 39.5. The van der Waals surface area contributed by atoms with Crippen molar-refractivity contribution in [3.8, 4) is 0 Å². The van der Waals surface area contributed by atoms with Gasteiger partial charge in [-0.3, -0.25) is 9.69 Å². The van der Waals surface area contributed by atoms with E-state index in [4.69, 9.17) is 10.2 Å². The first-order valence-electron chi connectivity index (χ1n) is 9.14. The predicted molar refractivity (Wildman–Crippen MR) is 97.5 cm³/mol. The number of benzene rings is 1. The maximum atomic E-state index is 12.5. The number of β-amino-alcohol motifs (C(OH)–C–C–N with tert-alkyl or cyclic N) is 1. The lowest BCUT2D eigenvalue weighted by molar-refractivity contribution is -0.156. The van der Waals surface area contributed by atoms with Crippen molar-refractivity contribution in [2.45, 2.75) is 31.0 Å². The van der Waals surface area contributed by atoms with Crippen LogP contribution in [0.1, 0.15) is 18.4 Å². The highest BCUT2D eigenvalue weighted by Gasteiger charge is 2.43. The molecule has 7 heteroatoms. The number of carbonyl (C=O) groups excluding carboxylic acids is 1. The van der Waals surface area contributed by atoms with E-state index >= 15 is 0 Å². The smallest absolute Gasteiger partial charge is 0.223 e. The highest BCUT2D eigenvalue weighted by atomic mass is 16.3. The highest BCUT2D eigenvalue weighted by molar-refractivity contribution is 5.76. The number of hydrogen-bond donors (Lipinski definition) is 4. The van der Waals surface area contributed by atoms with Crippen LogP contribution < -0.4 is 0 Å². The van der Waals surface area contributed by atoms with Gasteiger partial charge in [-0.2, -0.15) is 0 Å². The third-order valence-corrected chi connectivity index (χ3v) is 4.91. The van der Waals surface area contributed by atoms with Gasteiger partial charge in [0.2, 0.25) is 5.91 Å². The first-order valence-corrected chi connectivity index (χ1v) is 9.14. The Hall–Kier alpha value is -1.51. The molecule has 1 aromatic rings. The standard InChI is InChI=1S/C19H30N2O5/c22-12-10-20(11-13-23)14-19(26)15-21(9-8-17(19)24)18(25)7-6-16-4-2-1-3-5-16/h1-5,17,22-24,26H,6-15H2/t17-,19+/m1/s1. The summed E-state index contributed by atoms with van der Waals surface area (Å²) in [6.45, 7) is 0.927. The summed E-state index contributed by atoms with van der Waals surface area (Å²) in [5.74, 6) is -0.0463. The third kappa shape index (κ3) is 5.75. The Morgan fingerprint density at radius 2 is 1.85 bits per heavy atom. The minimum absolute atomic E-state index is 0.0463. The van der Waals surface area contributed by atoms with Crippen LogP contribution in [0.15, 0.2) is 30.3 Å². The summed E-state index contributed by atoms with van der Waals surface area (Å²) in [6, 6.07) is 9.76. The topological polar surface area (TPSA) is 104 Å². The van der Waals surface area contributed by atoms with Crippen LogP contribution in [0.5, 0.6) is 0 Å². The number of aliphatic hydroxyl groups is 4. The molecule has 1 aromatic carbocycles. The van der Waals surface area contributed by atoms with Crippen LogP contribution in [0.25, 0.3) is 0 Å². The first-order chi connectivity index (χ1) is 12.5. The Morgan fingerprint density at radius 1 is 1.19 bits per heavy atom. The van der Waals surface area contributed by atoms with E-state index in [0.29, 0.717) is 25.8 Å². The molecule has 0 spiro atoms. The van der Waals surface area contributed by atoms with E-state index in [1.807, 2.05) is 30.3 Å². The molecule has 2 atom stereocenters. The highest BCUT2D eigenvalue weighted by Crippen LogP contribution is 2.24. The zero-order valence-electron chi connectivity index (χ0n) is 15.1. The van der Waals surface area contributed by atoms with Gasteiger partial charge in [-0.15, -0.1) is 0 Å². The molecule has 1 amide bonds. The Labute approximate surface area is 154 Å². The minimum Gasteiger partial charge on any atom is -0.395 e. The van der Waals surface area contributed by atoms with Gasteiger partial charge in [0.25, 0.3) is 0 Å². The summed E-state index contributed by atoms with van der Waals surface area (Å²) in [7, 11) is 0. The molecule has 0 bridgehead atoms. The van der Waals surface area contributed by atoms with E-state index in [2.05, 4.69) is 0 Å². The Morgan fingerprint density at radius 3 is 2.46 bits per heavy atom. The van der Waals surface area contributed by atoms with Crippen LogP contribution in [-0.4, -0.2) is 93.8 Å². The molecule has 2 rings (SSSR count). The molecule has 1 saturated heterocycles. The van der Waals surface area contributed by atoms with E-state index in [1.165, 1.54) is 0 Å². The molecule has 0 radical (unpaired) electrons. The van der Waals surface area contributed by atoms with Crippen LogP contribution in [-0.2, 0) is 11.2 Å². The minimum atomic E-state index is -1.47. The lowest BCUT2D eigenvalue weighted by Gasteiger charge is -2.44. The number of rotatable bonds is 9. The lowest BCUT2D eigenvalue weighted by atomic mass is 9.88. The first kappa shape index (κ1) is 20.8. The predicted octanol–water partition coefficient (Wildman–Crippen LogP) is -0.770. The van der Waals surface area contributed by atoms with Crippen LogP contribution in [0.4, 0.5) is 0 Å². The zero-order chi connectivity index (χ0) is 19.0. The van der Waals surface area contributed by atoms with Crippen molar-refractivity contribution in [3.05, 3.63) is 35.9 Å². The summed E-state index contributed by atoms with van der Waals surface area (Å²) >= 11 is 0. The second kappa shape index (κ2) is 9.99. The zero-order valence-corrected chi connectivity index (χ0v) is 15.1. The van der Waals surface area contributed by atoms with Gasteiger partial charge in [-0.1, -0.05) is 30.3 Å². The van der Waals surface area contributed by atoms with Gasteiger partial charge >= 0.3 is 0 Å². The van der Waals surface area contributed by atoms with Crippen LogP contribution in [0.2, 0.25) is 0 Å². The van der Waals surface area contributed by atoms with Crippen molar-refractivity contribution in [1.29, 1.82) is 0 Å². The summed E-state index contributed by atoms with van der Waals surface area (Å²) in [5.41, 5.74) is -0.379. The number of nitrogens with zero attached hydrogens (tertiary/aromatic N) is 2. The average molecular weight is 366 g/mol. The molecule has 1 heterocycles. The largest absolute Gasteiger partial charge is 0.395 e. The number of carbonyl (C=O) groups is 1. The van der Waals surface area contributed by atoms with Crippen LogP contribution in [0.3, 0.4) is 0 Å². The SMILES string of the molecule is O=C(CCc1ccccc1)N1CC[C@@H](O)[C@](O)(CN(CCO)CCO)C1. The molecular formula is C19H30N2O5. The van der Waals surface area contributed by atoms with Crippen molar-refractivity contribution >= 4 is 5.91 Å². The third-order valence-electron chi connectivity index (χ3n) is 4.91. The molecule has 0 aliphatic carbocycles. The Kier molecular flexibility index (Phi) is 7.99. The molecule has 0 saturated carbocycles. The van der Waals surface area contributed by atoms with E-state index in [1.54, 1.807) is 9.80 Å². The Balaban J connectivity index is 1.95. The van der Waals surface area contributed by atoms with Gasteiger partial charge in [-0.25, -0.2) is 0 Å². The molecule has 0 unspecified atom stereocenters. The number of aliphatic hydroxyl groups excluding tert-OH is 3. The van der Waals surface area contributed by atoms with Gasteiger partial charge in [-0.05, 0) is 18.4 Å². The van der Waals surface area contributed by atoms with Crippen molar-refractivity contribution < 1.29 is 25.2 Å². The van der Waals surface area contributed by atoms with Crippen LogP contribution >= 0.6 is 0 Å². The van der Waals surface area contributed by atoms with Gasteiger partial charge in [0, 0.05) is 32.6 Å². The van der Waals surface area contributed by atoms with Crippen molar-refractivity contribution in [1.82, 2.24) is 9.80 Å². The molecule has 146 valence electrons. The van der Waals surface area contributed by atoms with E-state index in [0.717, 1.165) is 5.56 Å². The fourth-order valence-corrected chi connectivity index (χ4v) is 3.42. The number of amides is 1. The molecule has 1 fully saturated rings. The van der Waals surface area contributed by atoms with Crippen LogP contribution in [0, 0.1) is 0 Å². The summed E-state index contributed by atoms with van der Waals surface area (Å²) in [4.78, 5) is 15.8. The lowest BCUT2D eigenvalue weighted by Crippen LogP contribution is -2.63. The normalized spacial score (nSPS) is 23.4. The summed E-state index contributed by atoms with van der Waals surface area (Å²) < 4.78 is 0. The molecular weight excluding hydrogens is 336 g/mol. The number of hydrogen-bond acceptors (Lipinski definition) is 6. The van der Waals surface area contributed by atoms with Gasteiger partial charge in [0.1, 0.15) is 5.60 Å².